The number of amides is 1. The Balaban J connectivity index is 0.000000181. The smallest absolute Gasteiger partial charge is 0.292 e. The van der Waals surface area contributed by atoms with Crippen LogP contribution in [0.25, 0.3) is 21.8 Å². The lowest BCUT2D eigenvalue weighted by Gasteiger charge is -2.15. The highest BCUT2D eigenvalue weighted by Crippen LogP contribution is 2.34. The van der Waals surface area contributed by atoms with Crippen LogP contribution in [0.3, 0.4) is 0 Å². The van der Waals surface area contributed by atoms with Crippen LogP contribution in [0.2, 0.25) is 10.0 Å². The number of carbonyl (C=O) groups is 1. The van der Waals surface area contributed by atoms with E-state index in [-0.39, 0.29) is 17.8 Å². The molecule has 2 unspecified atom stereocenters. The first kappa shape index (κ1) is 20.3. The number of amidine groups is 1. The Hall–Kier alpha value is -2.96. The molecule has 3 heterocycles. The Kier molecular flexibility index (Phi) is 5.70. The predicted molar refractivity (Wildman–Crippen MR) is 121 cm³/mol. The van der Waals surface area contributed by atoms with E-state index in [9.17, 15) is 4.79 Å². The summed E-state index contributed by atoms with van der Waals surface area (Å²) in [6.07, 6.45) is 3.08. The van der Waals surface area contributed by atoms with E-state index in [0.717, 1.165) is 32.4 Å². The number of para-hydroxylation sites is 1. The molecule has 154 valence electrons. The van der Waals surface area contributed by atoms with Crippen molar-refractivity contribution >= 4 is 56.9 Å². The van der Waals surface area contributed by atoms with E-state index in [2.05, 4.69) is 20.3 Å². The van der Waals surface area contributed by atoms with Crippen LogP contribution in [-0.2, 0) is 9.53 Å². The molecule has 0 bridgehead atoms. The third kappa shape index (κ3) is 3.76. The molecule has 1 fully saturated rings. The molecule has 3 N–H and O–H groups in total. The van der Waals surface area contributed by atoms with Gasteiger partial charge >= 0.3 is 0 Å². The molecule has 4 aromatic rings. The van der Waals surface area contributed by atoms with Crippen LogP contribution in [0.5, 0.6) is 0 Å². The van der Waals surface area contributed by atoms with Crippen molar-refractivity contribution in [2.45, 2.75) is 18.9 Å². The molecule has 1 aliphatic rings. The number of halogens is 2. The van der Waals surface area contributed by atoms with Gasteiger partial charge in [0.15, 0.2) is 6.10 Å². The molecular weight excluding hydrogens is 423 g/mol. The van der Waals surface area contributed by atoms with Crippen molar-refractivity contribution in [3.63, 3.8) is 0 Å². The highest BCUT2D eigenvalue weighted by molar-refractivity contribution is 6.36. The number of rotatable bonds is 2. The van der Waals surface area contributed by atoms with Gasteiger partial charge in [0.05, 0.1) is 10.0 Å². The third-order valence-corrected chi connectivity index (χ3v) is 5.73. The standard InChI is InChI=1S/C14H14ClN3O2.C8H6ClN/c1-7(12-13(19)18-14(16-2)20-12)8-6-17-10-5-3-4-9(15)11(8)10;9-7-5-10-8-4-2-1-3-6(7)8/h3-7,12,17H,1-2H3,(H,16,18,19);1-5,10H. The fourth-order valence-electron chi connectivity index (χ4n) is 3.54. The number of aromatic amines is 2. The van der Waals surface area contributed by atoms with Crippen LogP contribution in [0, 0.1) is 0 Å². The number of H-pyrrole nitrogens is 2. The summed E-state index contributed by atoms with van der Waals surface area (Å²) < 4.78 is 5.53. The average molecular weight is 443 g/mol. The van der Waals surface area contributed by atoms with E-state index in [1.54, 1.807) is 13.2 Å². The Morgan fingerprint density at radius 3 is 2.47 bits per heavy atom. The van der Waals surface area contributed by atoms with Gasteiger partial charge in [-0.25, -0.2) is 4.99 Å². The minimum Gasteiger partial charge on any atom is -0.451 e. The van der Waals surface area contributed by atoms with E-state index in [1.165, 1.54) is 0 Å². The molecule has 1 amide bonds. The predicted octanol–water partition coefficient (Wildman–Crippen LogP) is 5.25. The lowest BCUT2D eigenvalue weighted by Crippen LogP contribution is -2.28. The van der Waals surface area contributed by atoms with E-state index >= 15 is 0 Å². The zero-order chi connectivity index (χ0) is 21.3. The Bertz CT molecular complexity index is 1240. The molecule has 30 heavy (non-hydrogen) atoms. The Labute approximate surface area is 183 Å². The van der Waals surface area contributed by atoms with Crippen LogP contribution in [0.4, 0.5) is 0 Å². The molecule has 6 nitrogen and oxygen atoms in total. The molecule has 0 saturated carbocycles. The number of benzene rings is 2. The summed E-state index contributed by atoms with van der Waals surface area (Å²) in [4.78, 5) is 22.0. The van der Waals surface area contributed by atoms with Gasteiger partial charge < -0.3 is 14.7 Å². The van der Waals surface area contributed by atoms with Crippen LogP contribution >= 0.6 is 23.2 Å². The van der Waals surface area contributed by atoms with Crippen molar-refractivity contribution in [3.05, 3.63) is 70.5 Å². The SMILES string of the molecule is CN=C1NC(=O)C(C(C)c2c[nH]c3cccc(Cl)c23)O1.Clc1c[nH]c2ccccc12. The van der Waals surface area contributed by atoms with Gasteiger partial charge in [0, 0.05) is 47.2 Å². The summed E-state index contributed by atoms with van der Waals surface area (Å²) in [7, 11) is 1.57. The normalized spacial score (nSPS) is 18.2. The van der Waals surface area contributed by atoms with Gasteiger partial charge in [-0.05, 0) is 23.8 Å². The summed E-state index contributed by atoms with van der Waals surface area (Å²) in [6.45, 7) is 1.94. The first-order valence-corrected chi connectivity index (χ1v) is 10.2. The molecule has 5 rings (SSSR count). The molecule has 2 aromatic heterocycles. The molecule has 8 heteroatoms. The second-order valence-corrected chi connectivity index (χ2v) is 7.75. The zero-order valence-corrected chi connectivity index (χ0v) is 17.9. The van der Waals surface area contributed by atoms with Crippen LogP contribution in [0.1, 0.15) is 18.4 Å². The van der Waals surface area contributed by atoms with Crippen LogP contribution < -0.4 is 5.32 Å². The number of hydrogen-bond donors (Lipinski definition) is 3. The second-order valence-electron chi connectivity index (χ2n) is 6.93. The highest BCUT2D eigenvalue weighted by Gasteiger charge is 2.37. The van der Waals surface area contributed by atoms with Crippen LogP contribution in [-0.4, -0.2) is 35.0 Å². The summed E-state index contributed by atoms with van der Waals surface area (Å²) in [5.41, 5.74) is 3.00. The molecule has 1 aliphatic heterocycles. The Morgan fingerprint density at radius 2 is 1.73 bits per heavy atom. The lowest BCUT2D eigenvalue weighted by atomic mass is 9.94. The number of aromatic nitrogens is 2. The molecule has 1 saturated heterocycles. The van der Waals surface area contributed by atoms with Crippen LogP contribution in [0.15, 0.2) is 59.9 Å². The van der Waals surface area contributed by atoms with Gasteiger partial charge in [-0.1, -0.05) is 54.4 Å². The van der Waals surface area contributed by atoms with Crippen molar-refractivity contribution in [2.24, 2.45) is 4.99 Å². The number of nitrogens with zero attached hydrogens (tertiary/aromatic N) is 1. The summed E-state index contributed by atoms with van der Waals surface area (Å²) in [5, 5.41) is 6.07. The maximum absolute atomic E-state index is 11.9. The number of aliphatic imine (C=N–C) groups is 1. The number of fused-ring (bicyclic) bond motifs is 2. The third-order valence-electron chi connectivity index (χ3n) is 5.10. The maximum Gasteiger partial charge on any atom is 0.292 e. The first-order chi connectivity index (χ1) is 14.5. The van der Waals surface area contributed by atoms with Crippen molar-refractivity contribution in [2.75, 3.05) is 7.05 Å². The van der Waals surface area contributed by atoms with Gasteiger partial charge in [0.25, 0.3) is 11.9 Å². The monoisotopic (exact) mass is 442 g/mol. The van der Waals surface area contributed by atoms with Crippen molar-refractivity contribution in [1.29, 1.82) is 0 Å². The summed E-state index contributed by atoms with van der Waals surface area (Å²) in [6, 6.07) is 13.9. The minimum absolute atomic E-state index is 0.136. The maximum atomic E-state index is 11.9. The summed E-state index contributed by atoms with van der Waals surface area (Å²) in [5.74, 6) is -0.317. The highest BCUT2D eigenvalue weighted by atomic mass is 35.5. The van der Waals surface area contributed by atoms with Crippen molar-refractivity contribution in [1.82, 2.24) is 15.3 Å². The largest absolute Gasteiger partial charge is 0.451 e. The first-order valence-electron chi connectivity index (χ1n) is 9.41. The van der Waals surface area contributed by atoms with E-state index in [0.29, 0.717) is 5.02 Å². The van der Waals surface area contributed by atoms with Gasteiger partial charge in [-0.2, -0.15) is 0 Å². The van der Waals surface area contributed by atoms with E-state index < -0.39 is 6.10 Å². The van der Waals surface area contributed by atoms with E-state index in [1.807, 2.05) is 55.6 Å². The van der Waals surface area contributed by atoms with Gasteiger partial charge in [-0.15, -0.1) is 0 Å². The number of carbonyl (C=O) groups excluding carboxylic acids is 1. The topological polar surface area (TPSA) is 82.3 Å². The fraction of sp³-hybridized carbons (Fsp3) is 0.182. The van der Waals surface area contributed by atoms with Crippen molar-refractivity contribution < 1.29 is 9.53 Å². The number of nitrogens with one attached hydrogen (secondary N) is 3. The van der Waals surface area contributed by atoms with Gasteiger partial charge in [-0.3, -0.25) is 10.1 Å². The molecule has 2 aromatic carbocycles. The number of ether oxygens (including phenoxy) is 1. The van der Waals surface area contributed by atoms with Gasteiger partial charge in [0.2, 0.25) is 0 Å². The quantitative estimate of drug-likeness (QED) is 0.396. The molecule has 0 aliphatic carbocycles. The van der Waals surface area contributed by atoms with Crippen molar-refractivity contribution in [3.8, 4) is 0 Å². The zero-order valence-electron chi connectivity index (χ0n) is 16.4. The number of hydrogen-bond acceptors (Lipinski definition) is 3. The summed E-state index contributed by atoms with van der Waals surface area (Å²) >= 11 is 12.1. The fourth-order valence-corrected chi connectivity index (χ4v) is 4.04. The van der Waals surface area contributed by atoms with Gasteiger partial charge in [0.1, 0.15) is 0 Å². The molecule has 0 spiro atoms. The Morgan fingerprint density at radius 1 is 1.00 bits per heavy atom. The lowest BCUT2D eigenvalue weighted by molar-refractivity contribution is -0.124. The molecule has 0 radical (unpaired) electrons. The molecule has 2 atom stereocenters. The minimum atomic E-state index is -0.594. The second kappa shape index (κ2) is 8.42. The molecular formula is C22H20Cl2N4O2. The van der Waals surface area contributed by atoms with E-state index in [4.69, 9.17) is 27.9 Å². The average Bonchev–Trinajstić information content (AvgIpc) is 3.46.